The molecule has 0 spiro atoms. The lowest BCUT2D eigenvalue weighted by atomic mass is 9.88. The van der Waals surface area contributed by atoms with E-state index in [0.29, 0.717) is 5.92 Å². The molecule has 0 amide bonds. The van der Waals surface area contributed by atoms with Crippen LogP contribution < -0.4 is 4.74 Å². The van der Waals surface area contributed by atoms with Crippen LogP contribution >= 0.6 is 0 Å². The van der Waals surface area contributed by atoms with Gasteiger partial charge in [-0.1, -0.05) is 60.7 Å². The van der Waals surface area contributed by atoms with Crippen molar-refractivity contribution in [2.45, 2.75) is 12.3 Å². The summed E-state index contributed by atoms with van der Waals surface area (Å²) in [6.45, 7) is 2.83. The van der Waals surface area contributed by atoms with Crippen molar-refractivity contribution in [1.82, 2.24) is 4.90 Å². The molecule has 0 aliphatic carbocycles. The predicted molar refractivity (Wildman–Crippen MR) is 117 cm³/mol. The Morgan fingerprint density at radius 2 is 1.83 bits per heavy atom. The van der Waals surface area contributed by atoms with Gasteiger partial charge in [-0.25, -0.2) is 4.39 Å². The second-order valence-electron chi connectivity index (χ2n) is 7.49. The van der Waals surface area contributed by atoms with E-state index >= 15 is 0 Å². The van der Waals surface area contributed by atoms with E-state index in [1.807, 2.05) is 12.1 Å². The Hall–Kier alpha value is -2.91. The molecule has 0 saturated carbocycles. The van der Waals surface area contributed by atoms with Gasteiger partial charge in [-0.3, -0.25) is 4.90 Å². The van der Waals surface area contributed by atoms with Crippen molar-refractivity contribution in [2.75, 3.05) is 26.7 Å². The maximum Gasteiger partial charge on any atom is 0.123 e. The fraction of sp³-hybridized carbons (Fsp3) is 0.231. The highest BCUT2D eigenvalue weighted by atomic mass is 19.1. The lowest BCUT2D eigenvalue weighted by Gasteiger charge is -2.24. The normalized spacial score (nSPS) is 17.1. The number of halogens is 1. The highest BCUT2D eigenvalue weighted by molar-refractivity contribution is 5.49. The van der Waals surface area contributed by atoms with Crippen molar-refractivity contribution in [3.05, 3.63) is 107 Å². The van der Waals surface area contributed by atoms with Crippen LogP contribution in [-0.4, -0.2) is 31.6 Å². The maximum absolute atomic E-state index is 13.1. The molecule has 0 fully saturated rings. The molecule has 3 aromatic carbocycles. The average Bonchev–Trinajstić information content (AvgIpc) is 2.95. The molecule has 1 atom stereocenters. The highest BCUT2D eigenvalue weighted by Gasteiger charge is 2.24. The third-order valence-electron chi connectivity index (χ3n) is 5.61. The zero-order chi connectivity index (χ0) is 20.1. The van der Waals surface area contributed by atoms with Crippen LogP contribution in [0.2, 0.25) is 0 Å². The van der Waals surface area contributed by atoms with Gasteiger partial charge >= 0.3 is 0 Å². The molecule has 148 valence electrons. The Morgan fingerprint density at radius 3 is 2.59 bits per heavy atom. The average molecular weight is 387 g/mol. The van der Waals surface area contributed by atoms with Gasteiger partial charge in [-0.2, -0.15) is 0 Å². The van der Waals surface area contributed by atoms with Gasteiger partial charge in [0.15, 0.2) is 0 Å². The first-order chi connectivity index (χ1) is 14.2. The van der Waals surface area contributed by atoms with Gasteiger partial charge in [0, 0.05) is 25.6 Å². The molecule has 1 aliphatic heterocycles. The molecule has 0 saturated heterocycles. The zero-order valence-corrected chi connectivity index (χ0v) is 16.7. The number of hydrogen-bond donors (Lipinski definition) is 0. The molecule has 4 rings (SSSR count). The van der Waals surface area contributed by atoms with Gasteiger partial charge in [-0.15, -0.1) is 0 Å². The fourth-order valence-corrected chi connectivity index (χ4v) is 4.03. The van der Waals surface area contributed by atoms with Crippen LogP contribution in [0.4, 0.5) is 4.39 Å². The Kier molecular flexibility index (Phi) is 6.06. The molecule has 1 aliphatic rings. The minimum Gasteiger partial charge on any atom is -0.497 e. The van der Waals surface area contributed by atoms with E-state index in [1.54, 1.807) is 7.11 Å². The smallest absolute Gasteiger partial charge is 0.123 e. The van der Waals surface area contributed by atoms with Crippen molar-refractivity contribution < 1.29 is 9.13 Å². The molecule has 1 heterocycles. The Bertz CT molecular complexity index is 966. The van der Waals surface area contributed by atoms with Crippen molar-refractivity contribution in [3.8, 4) is 5.75 Å². The van der Waals surface area contributed by atoms with Crippen molar-refractivity contribution in [3.63, 3.8) is 0 Å². The van der Waals surface area contributed by atoms with Gasteiger partial charge in [0.1, 0.15) is 11.6 Å². The summed E-state index contributed by atoms with van der Waals surface area (Å²) < 4.78 is 18.6. The van der Waals surface area contributed by atoms with Crippen LogP contribution in [0.3, 0.4) is 0 Å². The molecular weight excluding hydrogens is 361 g/mol. The van der Waals surface area contributed by atoms with Crippen LogP contribution in [0.1, 0.15) is 28.2 Å². The molecule has 0 bridgehead atoms. The van der Waals surface area contributed by atoms with Gasteiger partial charge in [-0.05, 0) is 52.9 Å². The molecule has 29 heavy (non-hydrogen) atoms. The maximum atomic E-state index is 13.1. The van der Waals surface area contributed by atoms with E-state index in [1.165, 1.54) is 28.8 Å². The van der Waals surface area contributed by atoms with Crippen LogP contribution in [0.15, 0.2) is 78.9 Å². The minimum absolute atomic E-state index is 0.200. The number of benzene rings is 3. The number of methoxy groups -OCH3 is 1. The van der Waals surface area contributed by atoms with Gasteiger partial charge in [0.25, 0.3) is 0 Å². The first-order valence-corrected chi connectivity index (χ1v) is 10.1. The van der Waals surface area contributed by atoms with Crippen LogP contribution in [-0.2, 0) is 6.42 Å². The number of nitrogens with zero attached hydrogens (tertiary/aromatic N) is 1. The fourth-order valence-electron chi connectivity index (χ4n) is 4.03. The Balaban J connectivity index is 1.57. The van der Waals surface area contributed by atoms with Gasteiger partial charge < -0.3 is 4.74 Å². The van der Waals surface area contributed by atoms with Crippen LogP contribution in [0.5, 0.6) is 5.75 Å². The minimum atomic E-state index is -0.200. The summed E-state index contributed by atoms with van der Waals surface area (Å²) in [5, 5.41) is 0. The first-order valence-electron chi connectivity index (χ1n) is 10.1. The standard InChI is InChI=1S/C26H26FNO/c1-29-24-14-11-22-15-17-28(16-5-6-20-9-12-23(27)13-10-20)19-26(25(22)18-24)21-7-3-2-4-8-21/h2-14,18,26H,15-17,19H2,1H3. The Morgan fingerprint density at radius 1 is 1.03 bits per heavy atom. The lowest BCUT2D eigenvalue weighted by molar-refractivity contribution is 0.306. The largest absolute Gasteiger partial charge is 0.497 e. The molecular formula is C26H26FNO. The number of fused-ring (bicyclic) bond motifs is 1. The molecule has 0 aromatic heterocycles. The lowest BCUT2D eigenvalue weighted by Crippen LogP contribution is -2.29. The first kappa shape index (κ1) is 19.4. The number of ether oxygens (including phenoxy) is 1. The number of hydrogen-bond acceptors (Lipinski definition) is 2. The van der Waals surface area contributed by atoms with Crippen LogP contribution in [0.25, 0.3) is 6.08 Å². The third kappa shape index (κ3) is 4.75. The summed E-state index contributed by atoms with van der Waals surface area (Å²) in [5.41, 5.74) is 5.11. The molecule has 3 aromatic rings. The van der Waals surface area contributed by atoms with Gasteiger partial charge in [0.05, 0.1) is 7.11 Å². The molecule has 0 N–H and O–H groups in total. The third-order valence-corrected chi connectivity index (χ3v) is 5.61. The van der Waals surface area contributed by atoms with E-state index in [4.69, 9.17) is 4.74 Å². The van der Waals surface area contributed by atoms with Crippen molar-refractivity contribution >= 4 is 6.08 Å². The Labute approximate surface area is 172 Å². The molecule has 1 unspecified atom stereocenters. The molecule has 0 radical (unpaired) electrons. The molecule has 2 nitrogen and oxygen atoms in total. The van der Waals surface area contributed by atoms with Crippen LogP contribution in [0, 0.1) is 5.82 Å². The monoisotopic (exact) mass is 387 g/mol. The summed E-state index contributed by atoms with van der Waals surface area (Å²) >= 11 is 0. The van der Waals surface area contributed by atoms with E-state index in [9.17, 15) is 4.39 Å². The summed E-state index contributed by atoms with van der Waals surface area (Å²) in [4.78, 5) is 2.49. The SMILES string of the molecule is COc1ccc2c(c1)C(c1ccccc1)CN(CC=Cc1ccc(F)cc1)CC2. The predicted octanol–water partition coefficient (Wildman–Crippen LogP) is 5.54. The highest BCUT2D eigenvalue weighted by Crippen LogP contribution is 2.33. The molecule has 3 heteroatoms. The quantitative estimate of drug-likeness (QED) is 0.570. The summed E-state index contributed by atoms with van der Waals surface area (Å²) in [7, 11) is 1.72. The second kappa shape index (κ2) is 9.06. The van der Waals surface area contributed by atoms with Crippen molar-refractivity contribution in [1.29, 1.82) is 0 Å². The summed E-state index contributed by atoms with van der Waals surface area (Å²) in [6.07, 6.45) is 5.26. The zero-order valence-electron chi connectivity index (χ0n) is 16.7. The van der Waals surface area contributed by atoms with Crippen molar-refractivity contribution in [2.24, 2.45) is 0 Å². The van der Waals surface area contributed by atoms with E-state index in [0.717, 1.165) is 37.4 Å². The topological polar surface area (TPSA) is 12.5 Å². The van der Waals surface area contributed by atoms with E-state index in [2.05, 4.69) is 65.6 Å². The van der Waals surface area contributed by atoms with Gasteiger partial charge in [0.2, 0.25) is 0 Å². The van der Waals surface area contributed by atoms with E-state index < -0.39 is 0 Å². The summed E-state index contributed by atoms with van der Waals surface area (Å²) in [5.74, 6) is 1.02. The van der Waals surface area contributed by atoms with E-state index in [-0.39, 0.29) is 5.82 Å². The summed E-state index contributed by atoms with van der Waals surface area (Å²) in [6, 6.07) is 23.8. The number of rotatable bonds is 5. The second-order valence-corrected chi connectivity index (χ2v) is 7.49.